The summed E-state index contributed by atoms with van der Waals surface area (Å²) in [5, 5.41) is 8.46. The van der Waals surface area contributed by atoms with E-state index in [1.165, 1.54) is 5.56 Å². The van der Waals surface area contributed by atoms with Crippen LogP contribution in [0.1, 0.15) is 37.3 Å². The molecule has 0 aliphatic heterocycles. The number of benzene rings is 1. The molecule has 0 saturated carbocycles. The predicted octanol–water partition coefficient (Wildman–Crippen LogP) is 3.30. The van der Waals surface area contributed by atoms with Crippen LogP contribution in [0.4, 0.5) is 0 Å². The van der Waals surface area contributed by atoms with Crippen LogP contribution in [0.25, 0.3) is 6.08 Å². The van der Waals surface area contributed by atoms with Crippen molar-refractivity contribution < 1.29 is 9.90 Å². The van der Waals surface area contributed by atoms with E-state index in [1.54, 1.807) is 6.08 Å². The molecule has 1 aromatic carbocycles. The first-order valence-electron chi connectivity index (χ1n) is 5.08. The Morgan fingerprint density at radius 1 is 1.33 bits per heavy atom. The molecule has 0 unspecified atom stereocenters. The monoisotopic (exact) mass is 204 g/mol. The molecule has 0 spiro atoms. The van der Waals surface area contributed by atoms with Crippen molar-refractivity contribution in [2.45, 2.75) is 26.2 Å². The highest BCUT2D eigenvalue weighted by Gasteiger charge is 1.97. The van der Waals surface area contributed by atoms with Gasteiger partial charge in [-0.3, -0.25) is 4.79 Å². The average molecular weight is 204 g/mol. The summed E-state index contributed by atoms with van der Waals surface area (Å²) >= 11 is 0. The van der Waals surface area contributed by atoms with Crippen molar-refractivity contribution in [2.24, 2.45) is 0 Å². The molecule has 0 saturated heterocycles. The molecule has 0 heterocycles. The smallest absolute Gasteiger partial charge is 0.307 e. The van der Waals surface area contributed by atoms with Gasteiger partial charge in [-0.25, -0.2) is 0 Å². The number of hydrogen-bond donors (Lipinski definition) is 1. The van der Waals surface area contributed by atoms with Crippen molar-refractivity contribution in [3.63, 3.8) is 0 Å². The minimum absolute atomic E-state index is 0.0753. The van der Waals surface area contributed by atoms with E-state index < -0.39 is 5.97 Å². The van der Waals surface area contributed by atoms with E-state index in [0.29, 0.717) is 5.92 Å². The van der Waals surface area contributed by atoms with Gasteiger partial charge in [0.15, 0.2) is 0 Å². The molecule has 1 rings (SSSR count). The zero-order valence-electron chi connectivity index (χ0n) is 9.10. The number of carboxylic acids is 1. The summed E-state index contributed by atoms with van der Waals surface area (Å²) in [5.74, 6) is -0.271. The standard InChI is InChI=1S/C13H16O2/c1-10(2)12-8-6-11(7-9-12)4-3-5-13(14)15/h3-4,6-10H,5H2,1-2H3,(H,14,15). The quantitative estimate of drug-likeness (QED) is 0.817. The highest BCUT2D eigenvalue weighted by Crippen LogP contribution is 2.15. The fourth-order valence-electron chi connectivity index (χ4n) is 1.29. The third kappa shape index (κ3) is 3.98. The topological polar surface area (TPSA) is 37.3 Å². The van der Waals surface area contributed by atoms with Gasteiger partial charge in [-0.2, -0.15) is 0 Å². The number of rotatable bonds is 4. The van der Waals surface area contributed by atoms with Gasteiger partial charge >= 0.3 is 5.97 Å². The molecule has 80 valence electrons. The molecule has 1 N–H and O–H groups in total. The maximum absolute atomic E-state index is 10.3. The van der Waals surface area contributed by atoms with E-state index in [2.05, 4.69) is 26.0 Å². The maximum Gasteiger partial charge on any atom is 0.307 e. The molecule has 0 aliphatic carbocycles. The number of carboxylic acid groups (broad SMARTS) is 1. The first kappa shape index (κ1) is 11.5. The van der Waals surface area contributed by atoms with Gasteiger partial charge in [-0.15, -0.1) is 0 Å². The fourth-order valence-corrected chi connectivity index (χ4v) is 1.29. The number of aliphatic carboxylic acids is 1. The molecule has 0 aliphatic rings. The highest BCUT2D eigenvalue weighted by molar-refractivity contribution is 5.70. The Morgan fingerprint density at radius 2 is 1.93 bits per heavy atom. The lowest BCUT2D eigenvalue weighted by Gasteiger charge is -2.04. The van der Waals surface area contributed by atoms with Gasteiger partial charge in [0.25, 0.3) is 0 Å². The molecule has 0 bridgehead atoms. The average Bonchev–Trinajstić information content (AvgIpc) is 2.18. The minimum Gasteiger partial charge on any atom is -0.481 e. The second-order valence-electron chi connectivity index (χ2n) is 3.82. The van der Waals surface area contributed by atoms with Gasteiger partial charge in [-0.1, -0.05) is 50.3 Å². The summed E-state index contributed by atoms with van der Waals surface area (Å²) in [7, 11) is 0. The van der Waals surface area contributed by atoms with Crippen molar-refractivity contribution in [1.29, 1.82) is 0 Å². The molecule has 2 nitrogen and oxygen atoms in total. The first-order chi connectivity index (χ1) is 7.09. The van der Waals surface area contributed by atoms with Gasteiger partial charge in [-0.05, 0) is 17.0 Å². The third-order valence-electron chi connectivity index (χ3n) is 2.21. The van der Waals surface area contributed by atoms with Crippen molar-refractivity contribution in [2.75, 3.05) is 0 Å². The molecule has 15 heavy (non-hydrogen) atoms. The third-order valence-corrected chi connectivity index (χ3v) is 2.21. The first-order valence-corrected chi connectivity index (χ1v) is 5.08. The molecule has 0 atom stereocenters. The van der Waals surface area contributed by atoms with E-state index in [4.69, 9.17) is 5.11 Å². The summed E-state index contributed by atoms with van der Waals surface area (Å²) in [6, 6.07) is 8.16. The molecular weight excluding hydrogens is 188 g/mol. The molecule has 0 radical (unpaired) electrons. The Balaban J connectivity index is 2.64. The largest absolute Gasteiger partial charge is 0.481 e. The van der Waals surface area contributed by atoms with E-state index in [1.807, 2.05) is 18.2 Å². The lowest BCUT2D eigenvalue weighted by molar-refractivity contribution is -0.135. The maximum atomic E-state index is 10.3. The second-order valence-corrected chi connectivity index (χ2v) is 3.82. The van der Waals surface area contributed by atoms with Crippen LogP contribution in [-0.2, 0) is 4.79 Å². The Kier molecular flexibility index (Phi) is 4.10. The van der Waals surface area contributed by atoms with E-state index in [9.17, 15) is 4.79 Å². The highest BCUT2D eigenvalue weighted by atomic mass is 16.4. The fraction of sp³-hybridized carbons (Fsp3) is 0.308. The van der Waals surface area contributed by atoms with Gasteiger partial charge in [0.1, 0.15) is 0 Å². The van der Waals surface area contributed by atoms with Crippen LogP contribution >= 0.6 is 0 Å². The zero-order valence-corrected chi connectivity index (χ0v) is 9.10. The van der Waals surface area contributed by atoms with Gasteiger partial charge < -0.3 is 5.11 Å². The van der Waals surface area contributed by atoms with Crippen LogP contribution in [0.2, 0.25) is 0 Å². The summed E-state index contributed by atoms with van der Waals surface area (Å²) in [6.07, 6.45) is 3.57. The van der Waals surface area contributed by atoms with Crippen LogP contribution < -0.4 is 0 Å². The summed E-state index contributed by atoms with van der Waals surface area (Å²) < 4.78 is 0. The summed E-state index contributed by atoms with van der Waals surface area (Å²) in [4.78, 5) is 10.3. The van der Waals surface area contributed by atoms with Crippen LogP contribution in [-0.4, -0.2) is 11.1 Å². The van der Waals surface area contributed by atoms with Gasteiger partial charge in [0, 0.05) is 0 Å². The molecule has 2 heteroatoms. The SMILES string of the molecule is CC(C)c1ccc(C=CCC(=O)O)cc1. The minimum atomic E-state index is -0.801. The van der Waals surface area contributed by atoms with Crippen LogP contribution in [0.5, 0.6) is 0 Å². The molecule has 1 aromatic rings. The number of carbonyl (C=O) groups is 1. The second kappa shape index (κ2) is 5.35. The Hall–Kier alpha value is -1.57. The molecule has 0 amide bonds. The zero-order chi connectivity index (χ0) is 11.3. The van der Waals surface area contributed by atoms with Crippen molar-refractivity contribution in [1.82, 2.24) is 0 Å². The van der Waals surface area contributed by atoms with Gasteiger partial charge in [0.2, 0.25) is 0 Å². The Labute approximate surface area is 90.3 Å². The lowest BCUT2D eigenvalue weighted by Crippen LogP contribution is -1.89. The number of hydrogen-bond acceptors (Lipinski definition) is 1. The van der Waals surface area contributed by atoms with Crippen LogP contribution in [0.15, 0.2) is 30.3 Å². The normalized spacial score (nSPS) is 11.1. The van der Waals surface area contributed by atoms with E-state index in [0.717, 1.165) is 5.56 Å². The van der Waals surface area contributed by atoms with Crippen molar-refractivity contribution in [3.05, 3.63) is 41.5 Å². The molecular formula is C13H16O2. The Morgan fingerprint density at radius 3 is 2.40 bits per heavy atom. The summed E-state index contributed by atoms with van der Waals surface area (Å²) in [6.45, 7) is 4.30. The van der Waals surface area contributed by atoms with E-state index in [-0.39, 0.29) is 6.42 Å². The van der Waals surface area contributed by atoms with Crippen LogP contribution in [0, 0.1) is 0 Å². The van der Waals surface area contributed by atoms with Crippen molar-refractivity contribution >= 4 is 12.0 Å². The lowest BCUT2D eigenvalue weighted by atomic mass is 10.0. The Bertz CT molecular complexity index is 347. The van der Waals surface area contributed by atoms with Crippen molar-refractivity contribution in [3.8, 4) is 0 Å². The molecule has 0 aromatic heterocycles. The van der Waals surface area contributed by atoms with E-state index >= 15 is 0 Å². The summed E-state index contributed by atoms with van der Waals surface area (Å²) in [5.41, 5.74) is 2.34. The predicted molar refractivity (Wildman–Crippen MR) is 61.8 cm³/mol. The molecule has 0 fully saturated rings. The van der Waals surface area contributed by atoms with Gasteiger partial charge in [0.05, 0.1) is 6.42 Å². The van der Waals surface area contributed by atoms with Crippen LogP contribution in [0.3, 0.4) is 0 Å².